The van der Waals surface area contributed by atoms with Crippen LogP contribution in [0, 0.1) is 0 Å². The summed E-state index contributed by atoms with van der Waals surface area (Å²) in [6, 6.07) is 1.15. The molecule has 3 heteroatoms. The molecule has 0 heterocycles. The summed E-state index contributed by atoms with van der Waals surface area (Å²) in [5.74, 6) is 0. The number of rotatable bonds is 4. The molecule has 50 valence electrons. The second-order valence-electron chi connectivity index (χ2n) is 1.97. The van der Waals surface area contributed by atoms with Gasteiger partial charge in [-0.25, -0.2) is 0 Å². The van der Waals surface area contributed by atoms with Crippen LogP contribution in [0.3, 0.4) is 0 Å². The van der Waals surface area contributed by atoms with Crippen molar-refractivity contribution in [1.29, 1.82) is 0 Å². The highest BCUT2D eigenvalue weighted by molar-refractivity contribution is 6.52. The fraction of sp³-hybridized carbons (Fsp3) is 1.00. The van der Waals surface area contributed by atoms with Gasteiger partial charge in [-0.2, -0.15) is 0 Å². The maximum absolute atomic E-state index is 5.69. The minimum Gasteiger partial charge on any atom is -0.341 e. The van der Waals surface area contributed by atoms with Crippen LogP contribution in [-0.4, -0.2) is 15.7 Å². The van der Waals surface area contributed by atoms with Crippen molar-refractivity contribution < 1.29 is 0 Å². The molecule has 0 radical (unpaired) electrons. The first-order valence-corrected chi connectivity index (χ1v) is 5.36. The summed E-state index contributed by atoms with van der Waals surface area (Å²) in [5, 5.41) is 5.69. The van der Waals surface area contributed by atoms with E-state index < -0.39 is 9.12 Å². The first kappa shape index (κ1) is 8.14. The third-order valence-corrected chi connectivity index (χ3v) is 2.79. The maximum Gasteiger partial charge on any atom is 0.181 e. The number of hydrogen-bond donors (Lipinski definition) is 2. The van der Waals surface area contributed by atoms with Crippen LogP contribution >= 0.6 is 0 Å². The third-order valence-electron chi connectivity index (χ3n) is 1.10. The molecule has 2 nitrogen and oxygen atoms in total. The number of hydrogen-bond acceptors (Lipinski definition) is 2. The van der Waals surface area contributed by atoms with E-state index in [1.807, 2.05) is 0 Å². The van der Waals surface area contributed by atoms with Gasteiger partial charge in [0.1, 0.15) is 0 Å². The van der Waals surface area contributed by atoms with Crippen LogP contribution in [0.25, 0.3) is 0 Å². The quantitative estimate of drug-likeness (QED) is 0.536. The lowest BCUT2D eigenvalue weighted by Crippen LogP contribution is -2.42. The predicted molar refractivity (Wildman–Crippen MR) is 40.1 cm³/mol. The Kier molecular flexibility index (Phi) is 5.37. The second kappa shape index (κ2) is 5.28. The average Bonchev–Trinajstić information content (AvgIpc) is 1.83. The first-order valence-electron chi connectivity index (χ1n) is 3.30. The van der Waals surface area contributed by atoms with Gasteiger partial charge in [0.15, 0.2) is 9.12 Å². The lowest BCUT2D eigenvalue weighted by molar-refractivity contribution is 0.844. The maximum atomic E-state index is 5.69. The van der Waals surface area contributed by atoms with Crippen LogP contribution in [0.4, 0.5) is 0 Å². The number of nitrogens with two attached hydrogens (primary N) is 1. The standard InChI is InChI=1S/C5H16N2Si/c1-3-5-7-8(6)4-2/h7-8H,3-6H2,1-2H3. The zero-order chi connectivity index (χ0) is 6.41. The van der Waals surface area contributed by atoms with Crippen LogP contribution in [0.1, 0.15) is 20.3 Å². The van der Waals surface area contributed by atoms with E-state index in [1.54, 1.807) is 0 Å². The van der Waals surface area contributed by atoms with Crippen molar-refractivity contribution >= 4 is 9.12 Å². The van der Waals surface area contributed by atoms with Gasteiger partial charge < -0.3 is 10.4 Å². The highest BCUT2D eigenvalue weighted by Gasteiger charge is 1.95. The zero-order valence-corrected chi connectivity index (χ0v) is 6.93. The van der Waals surface area contributed by atoms with E-state index in [-0.39, 0.29) is 0 Å². The van der Waals surface area contributed by atoms with Gasteiger partial charge in [0.2, 0.25) is 0 Å². The molecule has 3 N–H and O–H groups in total. The van der Waals surface area contributed by atoms with Crippen molar-refractivity contribution in [3.63, 3.8) is 0 Å². The fourth-order valence-corrected chi connectivity index (χ4v) is 1.42. The summed E-state index contributed by atoms with van der Waals surface area (Å²) in [6.07, 6.45) is 1.20. The topological polar surface area (TPSA) is 38.0 Å². The first-order chi connectivity index (χ1) is 3.81. The van der Waals surface area contributed by atoms with Gasteiger partial charge in [0, 0.05) is 0 Å². The average molecular weight is 132 g/mol. The van der Waals surface area contributed by atoms with Crippen LogP contribution < -0.4 is 10.4 Å². The molecule has 0 aromatic heterocycles. The summed E-state index contributed by atoms with van der Waals surface area (Å²) >= 11 is 0. The van der Waals surface area contributed by atoms with Crippen LogP contribution in [0.5, 0.6) is 0 Å². The van der Waals surface area contributed by atoms with E-state index in [4.69, 9.17) is 5.40 Å². The van der Waals surface area contributed by atoms with Crippen molar-refractivity contribution in [1.82, 2.24) is 4.98 Å². The molecule has 0 saturated heterocycles. The van der Waals surface area contributed by atoms with Crippen LogP contribution in [-0.2, 0) is 0 Å². The normalized spacial score (nSPS) is 13.9. The van der Waals surface area contributed by atoms with Gasteiger partial charge in [-0.3, -0.25) is 0 Å². The molecule has 0 rings (SSSR count). The Morgan fingerprint density at radius 1 is 1.50 bits per heavy atom. The summed E-state index contributed by atoms with van der Waals surface area (Å²) < 4.78 is 0. The molecule has 8 heavy (non-hydrogen) atoms. The van der Waals surface area contributed by atoms with Crippen molar-refractivity contribution in [3.8, 4) is 0 Å². The van der Waals surface area contributed by atoms with Gasteiger partial charge in [0.05, 0.1) is 0 Å². The van der Waals surface area contributed by atoms with E-state index in [9.17, 15) is 0 Å². The largest absolute Gasteiger partial charge is 0.341 e. The monoisotopic (exact) mass is 132 g/mol. The van der Waals surface area contributed by atoms with E-state index in [0.717, 1.165) is 12.6 Å². The summed E-state index contributed by atoms with van der Waals surface area (Å²) in [6.45, 7) is 5.39. The smallest absolute Gasteiger partial charge is 0.181 e. The number of nitrogens with one attached hydrogen (secondary N) is 1. The summed E-state index contributed by atoms with van der Waals surface area (Å²) in [7, 11) is -0.949. The molecule has 0 aromatic rings. The van der Waals surface area contributed by atoms with E-state index in [1.165, 1.54) is 6.42 Å². The molecular weight excluding hydrogens is 116 g/mol. The highest BCUT2D eigenvalue weighted by atomic mass is 28.3. The molecule has 0 aliphatic rings. The van der Waals surface area contributed by atoms with Gasteiger partial charge in [-0.05, 0) is 19.0 Å². The van der Waals surface area contributed by atoms with E-state index in [0.29, 0.717) is 0 Å². The molecule has 0 amide bonds. The molecule has 1 atom stereocenters. The predicted octanol–water partition coefficient (Wildman–Crippen LogP) is 0.185. The molecule has 0 fully saturated rings. The molecular formula is C5H16N2Si. The van der Waals surface area contributed by atoms with Gasteiger partial charge in [0.25, 0.3) is 0 Å². The molecule has 0 bridgehead atoms. The lowest BCUT2D eigenvalue weighted by Gasteiger charge is -2.06. The van der Waals surface area contributed by atoms with E-state index in [2.05, 4.69) is 18.8 Å². The molecule has 0 saturated carbocycles. The minimum atomic E-state index is -0.949. The Morgan fingerprint density at radius 2 is 2.12 bits per heavy atom. The molecule has 1 unspecified atom stereocenters. The molecule has 0 aliphatic heterocycles. The fourth-order valence-electron chi connectivity index (χ4n) is 0.474. The van der Waals surface area contributed by atoms with Crippen molar-refractivity contribution in [2.24, 2.45) is 5.40 Å². The Labute approximate surface area is 53.2 Å². The van der Waals surface area contributed by atoms with Crippen molar-refractivity contribution in [3.05, 3.63) is 0 Å². The van der Waals surface area contributed by atoms with Crippen LogP contribution in [0.15, 0.2) is 0 Å². The second-order valence-corrected chi connectivity index (χ2v) is 4.41. The highest BCUT2D eigenvalue weighted by Crippen LogP contribution is 1.76. The van der Waals surface area contributed by atoms with Crippen LogP contribution in [0.2, 0.25) is 6.04 Å². The SMILES string of the molecule is CCCN[SiH](N)CC. The lowest BCUT2D eigenvalue weighted by atomic mass is 10.5. The minimum absolute atomic E-state index is 0.949. The molecule has 0 spiro atoms. The zero-order valence-electron chi connectivity index (χ0n) is 5.78. The van der Waals surface area contributed by atoms with Gasteiger partial charge in [-0.15, -0.1) is 0 Å². The van der Waals surface area contributed by atoms with Crippen molar-refractivity contribution in [2.45, 2.75) is 26.3 Å². The van der Waals surface area contributed by atoms with Gasteiger partial charge >= 0.3 is 0 Å². The van der Waals surface area contributed by atoms with E-state index >= 15 is 0 Å². The molecule has 0 aliphatic carbocycles. The Morgan fingerprint density at radius 3 is 2.50 bits per heavy atom. The Balaban J connectivity index is 2.86. The Hall–Kier alpha value is 0.137. The van der Waals surface area contributed by atoms with Gasteiger partial charge in [-0.1, -0.05) is 13.8 Å². The Bertz CT molecular complexity index is 49.7. The molecule has 0 aromatic carbocycles. The summed E-state index contributed by atoms with van der Waals surface area (Å²) in [5.41, 5.74) is 0. The third kappa shape index (κ3) is 4.30. The summed E-state index contributed by atoms with van der Waals surface area (Å²) in [4.78, 5) is 3.30. The van der Waals surface area contributed by atoms with Crippen molar-refractivity contribution in [2.75, 3.05) is 6.54 Å².